The molecule has 0 radical (unpaired) electrons. The fourth-order valence-corrected chi connectivity index (χ4v) is 4.85. The molecule has 2 aromatic carbocycles. The van der Waals surface area contributed by atoms with Crippen molar-refractivity contribution in [2.75, 3.05) is 11.9 Å². The summed E-state index contributed by atoms with van der Waals surface area (Å²) in [6.45, 7) is 5.82. The zero-order chi connectivity index (χ0) is 26.8. The highest BCUT2D eigenvalue weighted by atomic mass is 19.3. The fraction of sp³-hybridized carbons (Fsp3) is 0.407. The maximum atomic E-state index is 13.4. The van der Waals surface area contributed by atoms with Crippen molar-refractivity contribution >= 4 is 22.5 Å². The molecule has 8 nitrogen and oxygen atoms in total. The van der Waals surface area contributed by atoms with Gasteiger partial charge in [-0.05, 0) is 48.7 Å². The summed E-state index contributed by atoms with van der Waals surface area (Å²) >= 11 is 0. The van der Waals surface area contributed by atoms with E-state index in [1.54, 1.807) is 18.2 Å². The second-order valence-corrected chi connectivity index (χ2v) is 10.7. The van der Waals surface area contributed by atoms with Gasteiger partial charge in [0.1, 0.15) is 6.07 Å². The molecular formula is C27H29F2N3O5. The first-order valence-corrected chi connectivity index (χ1v) is 12.0. The molecule has 5 rings (SSSR count). The first-order chi connectivity index (χ1) is 17.4. The quantitative estimate of drug-likeness (QED) is 0.450. The highest BCUT2D eigenvalue weighted by Crippen LogP contribution is 2.52. The van der Waals surface area contributed by atoms with Gasteiger partial charge in [-0.15, -0.1) is 8.78 Å². The molecule has 0 unspecified atom stereocenters. The highest BCUT2D eigenvalue weighted by Gasteiger charge is 2.53. The van der Waals surface area contributed by atoms with Gasteiger partial charge in [0.05, 0.1) is 35.9 Å². The number of hydrogen-bond donors (Lipinski definition) is 3. The molecule has 1 atom stereocenters. The Balaban J connectivity index is 0.00000336. The van der Waals surface area contributed by atoms with Crippen LogP contribution in [0.25, 0.3) is 10.9 Å². The summed E-state index contributed by atoms with van der Waals surface area (Å²) in [5.74, 6) is -0.561. The van der Waals surface area contributed by atoms with Crippen molar-refractivity contribution < 1.29 is 34.7 Å². The zero-order valence-electron chi connectivity index (χ0n) is 20.6. The second-order valence-electron chi connectivity index (χ2n) is 10.7. The number of aliphatic hydroxyl groups excluding tert-OH is 2. The first-order valence-electron chi connectivity index (χ1n) is 12.0. The Hall–Kier alpha value is -3.68. The number of nitriles is 1. The maximum absolute atomic E-state index is 13.4. The number of anilines is 1. The van der Waals surface area contributed by atoms with Crippen LogP contribution in [0.15, 0.2) is 36.4 Å². The third-order valence-corrected chi connectivity index (χ3v) is 6.92. The van der Waals surface area contributed by atoms with Crippen LogP contribution < -0.4 is 14.8 Å². The number of hydrogen-bond acceptors (Lipinski definition) is 6. The number of nitrogens with zero attached hydrogens (tertiary/aromatic N) is 2. The Bertz CT molecular complexity index is 1450. The standard InChI is InChI=1S/C27H27F2N3O5.H2/c1-25(2,3)23-10-15-8-19(16(12-30)9-20(15)32(23)13-18(34)14-33)31-24(35)26(6-7-26)17-4-5-21-22(11-17)37-27(28,29)36-21;/h4-5,8-11,18,33-34H,6-7,13-14H2,1-3H3,(H,31,35);1H/t18-;/m1./s1. The molecular weight excluding hydrogens is 484 g/mol. The Morgan fingerprint density at radius 2 is 1.92 bits per heavy atom. The molecule has 37 heavy (non-hydrogen) atoms. The fourth-order valence-electron chi connectivity index (χ4n) is 4.85. The lowest BCUT2D eigenvalue weighted by molar-refractivity contribution is -0.286. The molecule has 196 valence electrons. The smallest absolute Gasteiger partial charge is 0.395 e. The number of rotatable bonds is 6. The van der Waals surface area contributed by atoms with Crippen LogP contribution >= 0.6 is 0 Å². The minimum absolute atomic E-state index is 0. The number of amides is 1. The Morgan fingerprint density at radius 3 is 2.54 bits per heavy atom. The number of ether oxygens (including phenoxy) is 2. The predicted octanol–water partition coefficient (Wildman–Crippen LogP) is 4.40. The van der Waals surface area contributed by atoms with Gasteiger partial charge in [-0.1, -0.05) is 26.8 Å². The van der Waals surface area contributed by atoms with Gasteiger partial charge in [0.2, 0.25) is 5.91 Å². The van der Waals surface area contributed by atoms with E-state index in [1.807, 2.05) is 31.4 Å². The maximum Gasteiger partial charge on any atom is 0.586 e. The summed E-state index contributed by atoms with van der Waals surface area (Å²) in [6, 6.07) is 11.8. The predicted molar refractivity (Wildman–Crippen MR) is 133 cm³/mol. The zero-order valence-corrected chi connectivity index (χ0v) is 20.6. The SMILES string of the molecule is CC(C)(C)c1cc2cc(NC(=O)C3(c4ccc5c(c4)OC(F)(F)O5)CC3)c(C#N)cc2n1C[C@@H](O)CO.[HH]. The van der Waals surface area contributed by atoms with E-state index in [4.69, 9.17) is 0 Å². The molecule has 2 aliphatic rings. The molecule has 1 aliphatic carbocycles. The molecule has 10 heteroatoms. The normalized spacial score (nSPS) is 17.9. The van der Waals surface area contributed by atoms with Crippen LogP contribution in [0.2, 0.25) is 0 Å². The topological polar surface area (TPSA) is 117 Å². The van der Waals surface area contributed by atoms with Gasteiger partial charge in [-0.2, -0.15) is 5.26 Å². The van der Waals surface area contributed by atoms with Gasteiger partial charge in [0.25, 0.3) is 0 Å². The number of carbonyl (C=O) groups excluding carboxylic acids is 1. The summed E-state index contributed by atoms with van der Waals surface area (Å²) in [7, 11) is 0. The Labute approximate surface area is 213 Å². The molecule has 1 saturated carbocycles. The van der Waals surface area contributed by atoms with Crippen LogP contribution in [0.5, 0.6) is 11.5 Å². The van der Waals surface area contributed by atoms with Crippen LogP contribution in [0.4, 0.5) is 14.5 Å². The van der Waals surface area contributed by atoms with E-state index in [9.17, 15) is 29.1 Å². The third kappa shape index (κ3) is 4.38. The number of nitrogens with one attached hydrogen (secondary N) is 1. The molecule has 1 aliphatic heterocycles. The van der Waals surface area contributed by atoms with Crippen molar-refractivity contribution in [3.05, 3.63) is 53.2 Å². The van der Waals surface area contributed by atoms with Crippen molar-refractivity contribution in [1.29, 1.82) is 5.26 Å². The van der Waals surface area contributed by atoms with Crippen molar-refractivity contribution in [1.82, 2.24) is 4.57 Å². The van der Waals surface area contributed by atoms with Crippen molar-refractivity contribution in [3.63, 3.8) is 0 Å². The van der Waals surface area contributed by atoms with Crippen LogP contribution in [0, 0.1) is 11.3 Å². The average molecular weight is 514 g/mol. The van der Waals surface area contributed by atoms with E-state index in [0.29, 0.717) is 29.6 Å². The molecule has 3 N–H and O–H groups in total. The summed E-state index contributed by atoms with van der Waals surface area (Å²) in [6.07, 6.45) is -3.68. The lowest BCUT2D eigenvalue weighted by Crippen LogP contribution is -2.28. The number of fused-ring (bicyclic) bond motifs is 2. The Morgan fingerprint density at radius 1 is 1.22 bits per heavy atom. The number of halogens is 2. The van der Waals surface area contributed by atoms with E-state index in [1.165, 1.54) is 12.1 Å². The summed E-state index contributed by atoms with van der Waals surface area (Å²) in [5.41, 5.74) is 1.48. The van der Waals surface area contributed by atoms with Gasteiger partial charge in [-0.3, -0.25) is 4.79 Å². The lowest BCUT2D eigenvalue weighted by Gasteiger charge is -2.23. The third-order valence-electron chi connectivity index (χ3n) is 6.92. The Kier molecular flexibility index (Phi) is 5.69. The van der Waals surface area contributed by atoms with E-state index in [2.05, 4.69) is 20.9 Å². The van der Waals surface area contributed by atoms with Crippen LogP contribution in [0.1, 0.15) is 51.9 Å². The second kappa shape index (κ2) is 8.43. The highest BCUT2D eigenvalue weighted by molar-refractivity contribution is 6.04. The number of alkyl halides is 2. The summed E-state index contributed by atoms with van der Waals surface area (Å²) in [5, 5.41) is 33.0. The lowest BCUT2D eigenvalue weighted by atomic mass is 9.92. The van der Waals surface area contributed by atoms with Gasteiger partial charge in [0, 0.05) is 23.4 Å². The van der Waals surface area contributed by atoms with Crippen LogP contribution in [-0.2, 0) is 22.2 Å². The molecule has 1 aromatic heterocycles. The molecule has 1 amide bonds. The average Bonchev–Trinajstić information content (AvgIpc) is 3.47. The van der Waals surface area contributed by atoms with Gasteiger partial charge in [-0.25, -0.2) is 0 Å². The number of aromatic nitrogens is 1. The molecule has 0 saturated heterocycles. The van der Waals surface area contributed by atoms with Crippen molar-refractivity contribution in [3.8, 4) is 17.6 Å². The summed E-state index contributed by atoms with van der Waals surface area (Å²) in [4.78, 5) is 13.4. The van der Waals surface area contributed by atoms with Gasteiger partial charge >= 0.3 is 6.29 Å². The van der Waals surface area contributed by atoms with E-state index >= 15 is 0 Å². The van der Waals surface area contributed by atoms with E-state index < -0.39 is 24.4 Å². The van der Waals surface area contributed by atoms with Crippen molar-refractivity contribution in [2.24, 2.45) is 0 Å². The minimum Gasteiger partial charge on any atom is -0.395 e. The largest absolute Gasteiger partial charge is 0.586 e. The molecule has 1 fully saturated rings. The van der Waals surface area contributed by atoms with Crippen molar-refractivity contribution in [2.45, 2.75) is 63.4 Å². The molecule has 0 bridgehead atoms. The van der Waals surface area contributed by atoms with E-state index in [-0.39, 0.29) is 36.4 Å². The first kappa shape index (κ1) is 25.0. The van der Waals surface area contributed by atoms with Crippen LogP contribution in [0.3, 0.4) is 0 Å². The van der Waals surface area contributed by atoms with Crippen LogP contribution in [-0.4, -0.2) is 39.7 Å². The minimum atomic E-state index is -3.74. The monoisotopic (exact) mass is 513 g/mol. The van der Waals surface area contributed by atoms with E-state index in [0.717, 1.165) is 11.1 Å². The van der Waals surface area contributed by atoms with Gasteiger partial charge < -0.3 is 29.6 Å². The summed E-state index contributed by atoms with van der Waals surface area (Å²) < 4.78 is 37.8. The number of carbonyl (C=O) groups is 1. The molecule has 0 spiro atoms. The number of benzene rings is 2. The molecule has 2 heterocycles. The molecule has 3 aromatic rings. The van der Waals surface area contributed by atoms with Gasteiger partial charge in [0.15, 0.2) is 11.5 Å². The number of aliphatic hydroxyl groups is 2.